The van der Waals surface area contributed by atoms with Crippen LogP contribution in [0.4, 0.5) is 17.6 Å². The Morgan fingerprint density at radius 2 is 1.74 bits per heavy atom. The molecule has 2 aromatic rings. The van der Waals surface area contributed by atoms with Gasteiger partial charge in [0.15, 0.2) is 0 Å². The first-order valence-electron chi connectivity index (χ1n) is 5.14. The van der Waals surface area contributed by atoms with Crippen LogP contribution in [-0.2, 0) is 6.18 Å². The molecule has 0 saturated heterocycles. The van der Waals surface area contributed by atoms with Crippen LogP contribution in [0.15, 0.2) is 36.4 Å². The van der Waals surface area contributed by atoms with Gasteiger partial charge in [0.2, 0.25) is 0 Å². The first-order chi connectivity index (χ1) is 8.79. The highest BCUT2D eigenvalue weighted by Crippen LogP contribution is 2.36. The number of benzene rings is 2. The molecule has 0 aliphatic rings. The molecule has 0 radical (unpaired) electrons. The molecule has 2 rings (SSSR count). The van der Waals surface area contributed by atoms with Gasteiger partial charge in [-0.05, 0) is 29.8 Å². The lowest BCUT2D eigenvalue weighted by Gasteiger charge is -2.11. The van der Waals surface area contributed by atoms with Gasteiger partial charge in [-0.25, -0.2) is 4.39 Å². The van der Waals surface area contributed by atoms with Crippen LogP contribution in [0.25, 0.3) is 11.1 Å². The van der Waals surface area contributed by atoms with Crippen molar-refractivity contribution in [3.8, 4) is 16.9 Å². The maximum Gasteiger partial charge on any atom is 0.419 e. The summed E-state index contributed by atoms with van der Waals surface area (Å²) in [5.41, 5.74) is -1.55. The summed E-state index contributed by atoms with van der Waals surface area (Å²) in [6, 6.07) is 6.57. The van der Waals surface area contributed by atoms with Crippen molar-refractivity contribution in [1.82, 2.24) is 0 Å². The Kier molecular flexibility index (Phi) is 3.41. The molecule has 0 amide bonds. The molecule has 0 spiro atoms. The van der Waals surface area contributed by atoms with E-state index in [9.17, 15) is 22.7 Å². The Balaban J connectivity index is 2.63. The first-order valence-corrected chi connectivity index (χ1v) is 5.52. The van der Waals surface area contributed by atoms with E-state index in [0.29, 0.717) is 6.07 Å². The number of alkyl halides is 3. The molecule has 0 unspecified atom stereocenters. The summed E-state index contributed by atoms with van der Waals surface area (Å²) in [5, 5.41) is 9.45. The number of hydrogen-bond donors (Lipinski definition) is 1. The summed E-state index contributed by atoms with van der Waals surface area (Å²) in [5.74, 6) is -1.64. The highest BCUT2D eigenvalue weighted by molar-refractivity contribution is 6.31. The van der Waals surface area contributed by atoms with Crippen LogP contribution in [0.3, 0.4) is 0 Å². The third kappa shape index (κ3) is 2.81. The standard InChI is InChI=1S/C13H7ClF4O/c14-8-4-7(5-9(19)6-8)10-2-1-3-11(12(10)15)13(16,17)18/h1-6,19H. The summed E-state index contributed by atoms with van der Waals surface area (Å²) >= 11 is 5.68. The summed E-state index contributed by atoms with van der Waals surface area (Å²) in [7, 11) is 0. The number of phenols is 1. The minimum absolute atomic E-state index is 0.0774. The van der Waals surface area contributed by atoms with Gasteiger partial charge < -0.3 is 5.11 Å². The number of halogens is 5. The van der Waals surface area contributed by atoms with Crippen LogP contribution in [-0.4, -0.2) is 5.11 Å². The molecule has 6 heteroatoms. The Bertz CT molecular complexity index is 602. The highest BCUT2D eigenvalue weighted by atomic mass is 35.5. The van der Waals surface area contributed by atoms with Gasteiger partial charge >= 0.3 is 6.18 Å². The second-order valence-corrected chi connectivity index (χ2v) is 4.30. The molecule has 1 N–H and O–H groups in total. The zero-order valence-electron chi connectivity index (χ0n) is 9.30. The van der Waals surface area contributed by atoms with Gasteiger partial charge in [0.1, 0.15) is 11.6 Å². The Hall–Kier alpha value is -1.75. The molecule has 0 atom stereocenters. The monoisotopic (exact) mass is 290 g/mol. The molecule has 0 heterocycles. The summed E-state index contributed by atoms with van der Waals surface area (Å²) < 4.78 is 51.6. The molecule has 19 heavy (non-hydrogen) atoms. The van der Waals surface area contributed by atoms with Crippen molar-refractivity contribution in [2.75, 3.05) is 0 Å². The zero-order chi connectivity index (χ0) is 14.2. The average molecular weight is 291 g/mol. The molecule has 0 saturated carbocycles. The van der Waals surface area contributed by atoms with Crippen LogP contribution >= 0.6 is 11.6 Å². The SMILES string of the molecule is Oc1cc(Cl)cc(-c2cccc(C(F)(F)F)c2F)c1. The van der Waals surface area contributed by atoms with E-state index in [4.69, 9.17) is 11.6 Å². The van der Waals surface area contributed by atoms with Crippen LogP contribution in [0.1, 0.15) is 5.56 Å². The van der Waals surface area contributed by atoms with Crippen molar-refractivity contribution < 1.29 is 22.7 Å². The van der Waals surface area contributed by atoms with Gasteiger partial charge in [0, 0.05) is 10.6 Å². The van der Waals surface area contributed by atoms with Crippen molar-refractivity contribution in [3.63, 3.8) is 0 Å². The van der Waals surface area contributed by atoms with Gasteiger partial charge in [-0.15, -0.1) is 0 Å². The van der Waals surface area contributed by atoms with E-state index in [1.165, 1.54) is 18.2 Å². The van der Waals surface area contributed by atoms with Gasteiger partial charge in [0.25, 0.3) is 0 Å². The number of phenolic OH excluding ortho intramolecular Hbond substituents is 1. The van der Waals surface area contributed by atoms with E-state index >= 15 is 0 Å². The van der Waals surface area contributed by atoms with Crippen LogP contribution in [0, 0.1) is 5.82 Å². The molecular weight excluding hydrogens is 284 g/mol. The van der Waals surface area contributed by atoms with Crippen LogP contribution in [0.2, 0.25) is 5.02 Å². The second-order valence-electron chi connectivity index (χ2n) is 3.86. The summed E-state index contributed by atoms with van der Waals surface area (Å²) in [6.45, 7) is 0. The number of hydrogen-bond acceptors (Lipinski definition) is 1. The van der Waals surface area contributed by atoms with E-state index in [-0.39, 0.29) is 21.9 Å². The minimum Gasteiger partial charge on any atom is -0.508 e. The third-order valence-corrected chi connectivity index (χ3v) is 2.72. The molecule has 1 nitrogen and oxygen atoms in total. The maximum absolute atomic E-state index is 13.9. The topological polar surface area (TPSA) is 20.2 Å². The molecule has 100 valence electrons. The zero-order valence-corrected chi connectivity index (χ0v) is 10.1. The molecule has 2 aromatic carbocycles. The minimum atomic E-state index is -4.78. The molecule has 0 fully saturated rings. The van der Waals surface area contributed by atoms with Crippen molar-refractivity contribution in [1.29, 1.82) is 0 Å². The van der Waals surface area contributed by atoms with Gasteiger partial charge in [0.05, 0.1) is 5.56 Å². The van der Waals surface area contributed by atoms with E-state index in [0.717, 1.165) is 12.1 Å². The molecule has 0 aliphatic heterocycles. The van der Waals surface area contributed by atoms with Gasteiger partial charge in [-0.1, -0.05) is 23.7 Å². The lowest BCUT2D eigenvalue weighted by Crippen LogP contribution is -2.08. The van der Waals surface area contributed by atoms with Crippen LogP contribution in [0.5, 0.6) is 5.75 Å². The number of aromatic hydroxyl groups is 1. The van der Waals surface area contributed by atoms with E-state index in [1.54, 1.807) is 0 Å². The van der Waals surface area contributed by atoms with Gasteiger partial charge in [-0.2, -0.15) is 13.2 Å². The maximum atomic E-state index is 13.9. The second kappa shape index (κ2) is 4.74. The molecule has 0 aliphatic carbocycles. The lowest BCUT2D eigenvalue weighted by molar-refractivity contribution is -0.139. The highest BCUT2D eigenvalue weighted by Gasteiger charge is 2.34. The lowest BCUT2D eigenvalue weighted by atomic mass is 10.0. The predicted molar refractivity (Wildman–Crippen MR) is 63.5 cm³/mol. The summed E-state index contributed by atoms with van der Waals surface area (Å²) in [4.78, 5) is 0. The third-order valence-electron chi connectivity index (χ3n) is 2.50. The first kappa shape index (κ1) is 13.7. The molecule has 0 aromatic heterocycles. The normalized spacial score (nSPS) is 11.6. The molecule has 0 bridgehead atoms. The Labute approximate surface area is 111 Å². The van der Waals surface area contributed by atoms with Crippen molar-refractivity contribution in [3.05, 3.63) is 52.8 Å². The predicted octanol–water partition coefficient (Wildman–Crippen LogP) is 4.87. The molecular formula is C13H7ClF4O. The van der Waals surface area contributed by atoms with E-state index in [1.807, 2.05) is 0 Å². The van der Waals surface area contributed by atoms with Crippen molar-refractivity contribution in [2.45, 2.75) is 6.18 Å². The fourth-order valence-electron chi connectivity index (χ4n) is 1.70. The summed E-state index contributed by atoms with van der Waals surface area (Å²) in [6.07, 6.45) is -4.78. The Morgan fingerprint density at radius 1 is 1.05 bits per heavy atom. The largest absolute Gasteiger partial charge is 0.508 e. The van der Waals surface area contributed by atoms with Crippen molar-refractivity contribution >= 4 is 11.6 Å². The van der Waals surface area contributed by atoms with Gasteiger partial charge in [-0.3, -0.25) is 0 Å². The Morgan fingerprint density at radius 3 is 2.32 bits per heavy atom. The fraction of sp³-hybridized carbons (Fsp3) is 0.0769. The average Bonchev–Trinajstić information content (AvgIpc) is 2.26. The quantitative estimate of drug-likeness (QED) is 0.743. The van der Waals surface area contributed by atoms with E-state index < -0.39 is 17.6 Å². The van der Waals surface area contributed by atoms with Crippen molar-refractivity contribution in [2.24, 2.45) is 0 Å². The number of rotatable bonds is 1. The fourth-order valence-corrected chi connectivity index (χ4v) is 1.93. The van der Waals surface area contributed by atoms with Crippen LogP contribution < -0.4 is 0 Å². The smallest absolute Gasteiger partial charge is 0.419 e. The van der Waals surface area contributed by atoms with E-state index in [2.05, 4.69) is 0 Å².